The van der Waals surface area contributed by atoms with Gasteiger partial charge in [-0.1, -0.05) is 23.7 Å². The highest BCUT2D eigenvalue weighted by Gasteiger charge is 2.34. The van der Waals surface area contributed by atoms with Crippen LogP contribution in [0.15, 0.2) is 36.4 Å². The Bertz CT molecular complexity index is 1450. The average Bonchev–Trinajstić information content (AvgIpc) is 3.80. The summed E-state index contributed by atoms with van der Waals surface area (Å²) in [6.07, 6.45) is 3.31. The van der Waals surface area contributed by atoms with Crippen molar-refractivity contribution in [3.63, 3.8) is 0 Å². The first-order valence-corrected chi connectivity index (χ1v) is 12.9. The molecule has 3 aromatic rings. The quantitative estimate of drug-likeness (QED) is 0.382. The lowest BCUT2D eigenvalue weighted by Gasteiger charge is -2.22. The number of nitrogens with zero attached hydrogens (tertiary/aromatic N) is 3. The van der Waals surface area contributed by atoms with Crippen molar-refractivity contribution >= 4 is 51.7 Å². The highest BCUT2D eigenvalue weighted by Crippen LogP contribution is 2.31. The molecule has 0 atom stereocenters. The molecule has 0 aliphatic heterocycles. The van der Waals surface area contributed by atoms with Crippen molar-refractivity contribution in [2.24, 2.45) is 5.92 Å². The summed E-state index contributed by atoms with van der Waals surface area (Å²) >= 11 is 5.80. The number of Topliss-reactive ketones (excluding diaryl/α,β-unsaturated/α-hetero) is 1. The molecule has 9 nitrogen and oxygen atoms in total. The molecule has 0 bridgehead atoms. The maximum Gasteiger partial charge on any atom is 0.245 e. The second-order valence-electron chi connectivity index (χ2n) is 9.80. The molecule has 0 saturated heterocycles. The summed E-state index contributed by atoms with van der Waals surface area (Å²) in [4.78, 5) is 51.9. The van der Waals surface area contributed by atoms with E-state index in [0.29, 0.717) is 16.6 Å². The van der Waals surface area contributed by atoms with Crippen LogP contribution in [0.5, 0.6) is 0 Å². The number of nitrogens with one attached hydrogen (secondary N) is 2. The van der Waals surface area contributed by atoms with Gasteiger partial charge in [0.25, 0.3) is 0 Å². The normalized spacial score (nSPS) is 14.8. The van der Waals surface area contributed by atoms with Crippen molar-refractivity contribution in [1.29, 1.82) is 0 Å². The fourth-order valence-corrected chi connectivity index (χ4v) is 4.54. The summed E-state index contributed by atoms with van der Waals surface area (Å²) in [5.74, 6) is -1.61. The van der Waals surface area contributed by atoms with Gasteiger partial charge >= 0.3 is 0 Å². The van der Waals surface area contributed by atoms with Crippen LogP contribution < -0.4 is 10.6 Å². The van der Waals surface area contributed by atoms with Gasteiger partial charge in [-0.3, -0.25) is 23.9 Å². The third-order valence-electron chi connectivity index (χ3n) is 6.71. The summed E-state index contributed by atoms with van der Waals surface area (Å²) in [7, 11) is 0. The van der Waals surface area contributed by atoms with E-state index >= 15 is 0 Å². The molecule has 3 amide bonds. The summed E-state index contributed by atoms with van der Waals surface area (Å²) in [5, 5.41) is 10.4. The molecule has 2 fully saturated rings. The van der Waals surface area contributed by atoms with Crippen molar-refractivity contribution < 1.29 is 23.6 Å². The fraction of sp³-hybridized carbons (Fsp3) is 0.370. The number of amides is 3. The number of fused-ring (bicyclic) bond motifs is 1. The van der Waals surface area contributed by atoms with Gasteiger partial charge in [-0.05, 0) is 49.9 Å². The molecule has 2 aliphatic rings. The molecule has 2 aromatic carbocycles. The van der Waals surface area contributed by atoms with Gasteiger partial charge in [0.1, 0.15) is 18.1 Å². The number of carbonyl (C=O) groups excluding carboxylic acids is 4. The van der Waals surface area contributed by atoms with Crippen molar-refractivity contribution in [3.8, 4) is 0 Å². The predicted octanol–water partition coefficient (Wildman–Crippen LogP) is 3.69. The Balaban J connectivity index is 1.29. The summed E-state index contributed by atoms with van der Waals surface area (Å²) < 4.78 is 15.6. The van der Waals surface area contributed by atoms with E-state index in [0.717, 1.165) is 25.7 Å². The number of carbonyl (C=O) groups is 4. The lowest BCUT2D eigenvalue weighted by atomic mass is 10.1. The van der Waals surface area contributed by atoms with Crippen LogP contribution in [0.4, 0.5) is 10.1 Å². The van der Waals surface area contributed by atoms with Crippen molar-refractivity contribution in [3.05, 3.63) is 58.5 Å². The first-order chi connectivity index (χ1) is 18.2. The molecule has 0 radical (unpaired) electrons. The van der Waals surface area contributed by atoms with Gasteiger partial charge in [-0.15, -0.1) is 0 Å². The van der Waals surface area contributed by atoms with E-state index in [1.54, 1.807) is 24.3 Å². The number of aromatic nitrogens is 2. The second kappa shape index (κ2) is 10.5. The van der Waals surface area contributed by atoms with Gasteiger partial charge in [0.2, 0.25) is 17.7 Å². The summed E-state index contributed by atoms with van der Waals surface area (Å²) in [6, 6.07) is 9.63. The largest absolute Gasteiger partial charge is 0.350 e. The third-order valence-corrected chi connectivity index (χ3v) is 7.01. The second-order valence-corrected chi connectivity index (χ2v) is 10.2. The maximum absolute atomic E-state index is 14.1. The minimum Gasteiger partial charge on any atom is -0.350 e. The molecular weight excluding hydrogens is 513 g/mol. The van der Waals surface area contributed by atoms with Crippen LogP contribution in [0, 0.1) is 11.7 Å². The van der Waals surface area contributed by atoms with Crippen LogP contribution >= 0.6 is 11.6 Å². The maximum atomic E-state index is 14.1. The Labute approximate surface area is 223 Å². The van der Waals surface area contributed by atoms with Gasteiger partial charge in [0, 0.05) is 42.1 Å². The standard InChI is InChI=1S/C27H27ClFN5O4/c1-15(35)26-20-11-18(31-27(38)16-5-6-16)7-10-22(20)34(32-26)14-24(37)33(19-8-9-19)13-23(36)30-12-17-3-2-4-21(28)25(17)29/h2-4,7,10-11,16,19H,5-6,8-9,12-14H2,1H3,(H,30,36)(H,31,38). The molecule has 1 aromatic heterocycles. The molecule has 2 saturated carbocycles. The zero-order chi connectivity index (χ0) is 27.0. The molecule has 5 rings (SSSR count). The molecule has 0 unspecified atom stereocenters. The van der Waals surface area contributed by atoms with Crippen LogP contribution in [0.25, 0.3) is 10.9 Å². The fourth-order valence-electron chi connectivity index (χ4n) is 4.34. The van der Waals surface area contributed by atoms with Crippen LogP contribution in [-0.4, -0.2) is 50.8 Å². The highest BCUT2D eigenvalue weighted by atomic mass is 35.5. The van der Waals surface area contributed by atoms with Crippen molar-refractivity contribution in [2.75, 3.05) is 11.9 Å². The Hall–Kier alpha value is -3.79. The van der Waals surface area contributed by atoms with Gasteiger partial charge in [0.05, 0.1) is 17.1 Å². The van der Waals surface area contributed by atoms with E-state index in [-0.39, 0.29) is 65.5 Å². The SMILES string of the molecule is CC(=O)c1nn(CC(=O)N(CC(=O)NCc2cccc(Cl)c2F)C2CC2)c2ccc(NC(=O)C3CC3)cc12. The molecule has 1 heterocycles. The molecule has 11 heteroatoms. The molecule has 2 aliphatic carbocycles. The van der Waals surface area contributed by atoms with E-state index in [1.807, 2.05) is 0 Å². The van der Waals surface area contributed by atoms with Gasteiger partial charge in [-0.2, -0.15) is 5.10 Å². The zero-order valence-corrected chi connectivity index (χ0v) is 21.6. The highest BCUT2D eigenvalue weighted by molar-refractivity contribution is 6.30. The lowest BCUT2D eigenvalue weighted by Crippen LogP contribution is -2.43. The predicted molar refractivity (Wildman–Crippen MR) is 139 cm³/mol. The number of hydrogen-bond donors (Lipinski definition) is 2. The minimum atomic E-state index is -0.591. The Kier molecular flexibility index (Phi) is 7.16. The number of anilines is 1. The number of ketones is 1. The van der Waals surface area contributed by atoms with Gasteiger partial charge in [-0.25, -0.2) is 4.39 Å². The number of hydrogen-bond acceptors (Lipinski definition) is 5. The molecular formula is C27H27ClFN5O4. The molecule has 198 valence electrons. The first kappa shape index (κ1) is 25.8. The minimum absolute atomic E-state index is 0.0275. The van der Waals surface area contributed by atoms with Crippen LogP contribution in [-0.2, 0) is 27.5 Å². The molecule has 0 spiro atoms. The zero-order valence-electron chi connectivity index (χ0n) is 20.8. The molecule has 2 N–H and O–H groups in total. The average molecular weight is 540 g/mol. The van der Waals surface area contributed by atoms with Gasteiger partial charge in [0.15, 0.2) is 5.78 Å². The van der Waals surface area contributed by atoms with Crippen molar-refractivity contribution in [2.45, 2.75) is 51.7 Å². The van der Waals surface area contributed by atoms with Gasteiger partial charge < -0.3 is 15.5 Å². The monoisotopic (exact) mass is 539 g/mol. The van der Waals surface area contributed by atoms with E-state index in [9.17, 15) is 23.6 Å². The smallest absolute Gasteiger partial charge is 0.245 e. The summed E-state index contributed by atoms with van der Waals surface area (Å²) in [6.45, 7) is 1.00. The Morgan fingerprint density at radius 3 is 2.58 bits per heavy atom. The van der Waals surface area contributed by atoms with Crippen LogP contribution in [0.2, 0.25) is 5.02 Å². The van der Waals surface area contributed by atoms with E-state index in [2.05, 4.69) is 15.7 Å². The van der Waals surface area contributed by atoms with Crippen LogP contribution in [0.1, 0.15) is 48.7 Å². The topological polar surface area (TPSA) is 113 Å². The van der Waals surface area contributed by atoms with E-state index in [1.165, 1.54) is 28.6 Å². The third kappa shape index (κ3) is 5.70. The number of benzene rings is 2. The lowest BCUT2D eigenvalue weighted by molar-refractivity contribution is -0.137. The first-order valence-electron chi connectivity index (χ1n) is 12.5. The van der Waals surface area contributed by atoms with Crippen molar-refractivity contribution in [1.82, 2.24) is 20.0 Å². The number of rotatable bonds is 10. The molecule has 38 heavy (non-hydrogen) atoms. The summed E-state index contributed by atoms with van der Waals surface area (Å²) in [5.41, 5.74) is 1.59. The van der Waals surface area contributed by atoms with E-state index in [4.69, 9.17) is 11.6 Å². The van der Waals surface area contributed by atoms with Crippen LogP contribution in [0.3, 0.4) is 0 Å². The van der Waals surface area contributed by atoms with E-state index < -0.39 is 11.7 Å². The number of halogens is 2. The Morgan fingerprint density at radius 1 is 1.13 bits per heavy atom. The Morgan fingerprint density at radius 2 is 1.89 bits per heavy atom.